The number of hydrogen-bond donors (Lipinski definition) is 0. The van der Waals surface area contributed by atoms with Crippen LogP contribution < -0.4 is 0 Å². The highest BCUT2D eigenvalue weighted by molar-refractivity contribution is 14.1. The van der Waals surface area contributed by atoms with Crippen LogP contribution in [0.3, 0.4) is 0 Å². The highest BCUT2D eigenvalue weighted by atomic mass is 127. The summed E-state index contributed by atoms with van der Waals surface area (Å²) in [5.41, 5.74) is 1.32. The summed E-state index contributed by atoms with van der Waals surface area (Å²) >= 11 is 7.96. The third kappa shape index (κ3) is 2.43. The van der Waals surface area contributed by atoms with Gasteiger partial charge < -0.3 is 0 Å². The smallest absolute Gasteiger partial charge is 0.124 e. The standard InChI is InChI=1S/C10H5ClFIN2/c11-8-3-6(12)1-2-7(8)9-4-15-10(13)5-14-9/h1-5H. The largest absolute Gasteiger partial charge is 0.252 e. The average molecular weight is 335 g/mol. The van der Waals surface area contributed by atoms with Crippen LogP contribution in [0.15, 0.2) is 30.6 Å². The molecule has 5 heteroatoms. The SMILES string of the molecule is Fc1ccc(-c2cnc(I)cn2)c(Cl)c1. The zero-order valence-electron chi connectivity index (χ0n) is 7.42. The molecule has 2 aromatic rings. The lowest BCUT2D eigenvalue weighted by Gasteiger charge is -2.02. The third-order valence-corrected chi connectivity index (χ3v) is 2.70. The third-order valence-electron chi connectivity index (χ3n) is 1.83. The van der Waals surface area contributed by atoms with Crippen molar-refractivity contribution in [2.75, 3.05) is 0 Å². The monoisotopic (exact) mass is 334 g/mol. The fraction of sp³-hybridized carbons (Fsp3) is 0. The number of aromatic nitrogens is 2. The zero-order chi connectivity index (χ0) is 10.8. The van der Waals surface area contributed by atoms with Crippen LogP contribution in [0.1, 0.15) is 0 Å². The molecule has 1 aromatic carbocycles. The Labute approximate surface area is 105 Å². The summed E-state index contributed by atoms with van der Waals surface area (Å²) in [7, 11) is 0. The first-order chi connectivity index (χ1) is 7.16. The molecule has 76 valence electrons. The molecule has 0 aliphatic heterocycles. The molecule has 0 saturated carbocycles. The summed E-state index contributed by atoms with van der Waals surface area (Å²) in [5.74, 6) is -0.359. The quantitative estimate of drug-likeness (QED) is 0.746. The normalized spacial score (nSPS) is 10.3. The zero-order valence-corrected chi connectivity index (χ0v) is 10.3. The van der Waals surface area contributed by atoms with Gasteiger partial charge in [-0.1, -0.05) is 11.6 Å². The molecule has 0 spiro atoms. The van der Waals surface area contributed by atoms with Crippen molar-refractivity contribution in [3.05, 3.63) is 45.1 Å². The molecule has 0 aliphatic rings. The lowest BCUT2D eigenvalue weighted by atomic mass is 10.1. The van der Waals surface area contributed by atoms with Crippen molar-refractivity contribution < 1.29 is 4.39 Å². The molecule has 0 bridgehead atoms. The molecule has 2 rings (SSSR count). The Balaban J connectivity index is 2.49. The van der Waals surface area contributed by atoms with Crippen LogP contribution in [0.5, 0.6) is 0 Å². The van der Waals surface area contributed by atoms with Gasteiger partial charge in [-0.25, -0.2) is 9.37 Å². The van der Waals surface area contributed by atoms with Gasteiger partial charge in [0.05, 0.1) is 23.1 Å². The lowest BCUT2D eigenvalue weighted by Crippen LogP contribution is -1.89. The second kappa shape index (κ2) is 4.40. The second-order valence-electron chi connectivity index (χ2n) is 2.85. The fourth-order valence-corrected chi connectivity index (χ4v) is 1.69. The van der Waals surface area contributed by atoms with Gasteiger partial charge in [-0.3, -0.25) is 4.98 Å². The minimum absolute atomic E-state index is 0.338. The molecular formula is C10H5ClFIN2. The highest BCUT2D eigenvalue weighted by Gasteiger charge is 2.06. The van der Waals surface area contributed by atoms with E-state index in [1.807, 2.05) is 0 Å². The van der Waals surface area contributed by atoms with Crippen LogP contribution in [0, 0.1) is 9.52 Å². The van der Waals surface area contributed by atoms with E-state index in [1.54, 1.807) is 18.5 Å². The van der Waals surface area contributed by atoms with Gasteiger partial charge in [0, 0.05) is 5.56 Å². The van der Waals surface area contributed by atoms with Crippen LogP contribution in [0.4, 0.5) is 4.39 Å². The molecule has 0 saturated heterocycles. The van der Waals surface area contributed by atoms with Gasteiger partial charge >= 0.3 is 0 Å². The Morgan fingerprint density at radius 3 is 2.60 bits per heavy atom. The lowest BCUT2D eigenvalue weighted by molar-refractivity contribution is 0.628. The van der Waals surface area contributed by atoms with Crippen LogP contribution in [0.25, 0.3) is 11.3 Å². The number of hydrogen-bond acceptors (Lipinski definition) is 2. The highest BCUT2D eigenvalue weighted by Crippen LogP contribution is 2.26. The first kappa shape index (κ1) is 10.8. The molecule has 0 fully saturated rings. The van der Waals surface area contributed by atoms with E-state index in [1.165, 1.54) is 12.1 Å². The number of benzene rings is 1. The summed E-state index contributed by atoms with van der Waals surface area (Å²) in [6, 6.07) is 4.20. The summed E-state index contributed by atoms with van der Waals surface area (Å²) in [5, 5.41) is 0.338. The number of rotatable bonds is 1. The molecule has 0 N–H and O–H groups in total. The van der Waals surface area contributed by atoms with E-state index in [0.717, 1.165) is 3.70 Å². The summed E-state index contributed by atoms with van der Waals surface area (Å²) in [6.45, 7) is 0. The van der Waals surface area contributed by atoms with Crippen LogP contribution in [0.2, 0.25) is 5.02 Å². The van der Waals surface area contributed by atoms with Crippen molar-refractivity contribution in [1.29, 1.82) is 0 Å². The molecule has 0 atom stereocenters. The van der Waals surface area contributed by atoms with Crippen molar-refractivity contribution in [1.82, 2.24) is 9.97 Å². The fourth-order valence-electron chi connectivity index (χ4n) is 1.15. The Hall–Kier alpha value is -0.750. The van der Waals surface area contributed by atoms with Crippen molar-refractivity contribution in [3.63, 3.8) is 0 Å². The first-order valence-electron chi connectivity index (χ1n) is 4.10. The van der Waals surface area contributed by atoms with Gasteiger partial charge in [-0.15, -0.1) is 0 Å². The predicted molar refractivity (Wildman–Crippen MR) is 65.2 cm³/mol. The average Bonchev–Trinajstić information content (AvgIpc) is 2.20. The van der Waals surface area contributed by atoms with Crippen LogP contribution in [-0.4, -0.2) is 9.97 Å². The number of nitrogens with zero attached hydrogens (tertiary/aromatic N) is 2. The molecule has 1 aromatic heterocycles. The maximum atomic E-state index is 12.8. The Morgan fingerprint density at radius 2 is 2.00 bits per heavy atom. The van der Waals surface area contributed by atoms with E-state index in [-0.39, 0.29) is 5.82 Å². The van der Waals surface area contributed by atoms with E-state index in [9.17, 15) is 4.39 Å². The predicted octanol–water partition coefficient (Wildman–Crippen LogP) is 3.54. The second-order valence-corrected chi connectivity index (χ2v) is 4.36. The Morgan fingerprint density at radius 1 is 1.20 bits per heavy atom. The minimum Gasteiger partial charge on any atom is -0.252 e. The maximum Gasteiger partial charge on any atom is 0.124 e. The van der Waals surface area contributed by atoms with E-state index in [0.29, 0.717) is 16.3 Å². The summed E-state index contributed by atoms with van der Waals surface area (Å²) < 4.78 is 13.6. The van der Waals surface area contributed by atoms with Crippen molar-refractivity contribution in [2.45, 2.75) is 0 Å². The van der Waals surface area contributed by atoms with Gasteiger partial charge in [0.25, 0.3) is 0 Å². The van der Waals surface area contributed by atoms with Gasteiger partial charge in [0.15, 0.2) is 0 Å². The van der Waals surface area contributed by atoms with E-state index in [4.69, 9.17) is 11.6 Å². The molecular weight excluding hydrogens is 329 g/mol. The molecule has 0 amide bonds. The molecule has 1 heterocycles. The topological polar surface area (TPSA) is 25.8 Å². The van der Waals surface area contributed by atoms with E-state index >= 15 is 0 Å². The molecule has 0 aliphatic carbocycles. The molecule has 0 radical (unpaired) electrons. The Bertz CT molecular complexity index is 487. The maximum absolute atomic E-state index is 12.8. The Kier molecular flexibility index (Phi) is 3.16. The van der Waals surface area contributed by atoms with Crippen molar-refractivity contribution in [3.8, 4) is 11.3 Å². The van der Waals surface area contributed by atoms with Crippen molar-refractivity contribution in [2.24, 2.45) is 0 Å². The van der Waals surface area contributed by atoms with E-state index in [2.05, 4.69) is 32.6 Å². The first-order valence-corrected chi connectivity index (χ1v) is 5.55. The summed E-state index contributed by atoms with van der Waals surface area (Å²) in [4.78, 5) is 8.25. The molecule has 2 nitrogen and oxygen atoms in total. The van der Waals surface area contributed by atoms with Crippen LogP contribution in [-0.2, 0) is 0 Å². The van der Waals surface area contributed by atoms with Gasteiger partial charge in [-0.05, 0) is 40.8 Å². The minimum atomic E-state index is -0.359. The van der Waals surface area contributed by atoms with Gasteiger partial charge in [-0.2, -0.15) is 0 Å². The molecule has 15 heavy (non-hydrogen) atoms. The van der Waals surface area contributed by atoms with E-state index < -0.39 is 0 Å². The van der Waals surface area contributed by atoms with Gasteiger partial charge in [0.1, 0.15) is 9.52 Å². The summed E-state index contributed by atoms with van der Waals surface area (Å²) in [6.07, 6.45) is 3.25. The van der Waals surface area contributed by atoms with Gasteiger partial charge in [0.2, 0.25) is 0 Å². The number of halogens is 3. The van der Waals surface area contributed by atoms with Crippen molar-refractivity contribution >= 4 is 34.2 Å². The molecule has 0 unspecified atom stereocenters. The van der Waals surface area contributed by atoms with Crippen LogP contribution >= 0.6 is 34.2 Å².